The average molecular weight is 674 g/mol. The van der Waals surface area contributed by atoms with Crippen molar-refractivity contribution in [3.8, 4) is 17.0 Å². The lowest BCUT2D eigenvalue weighted by atomic mass is 9.90. The summed E-state index contributed by atoms with van der Waals surface area (Å²) in [5, 5.41) is 9.71. The highest BCUT2D eigenvalue weighted by Gasteiger charge is 2.30. The second kappa shape index (κ2) is 13.8. The standard InChI is InChI=1S/C34H40ClN9O4/c35-23-19-27-31(28(20-23)47-18-11-42-9-14-45-15-10-42)48-34(40-27)39-24-3-1-22(2-4-24)30-29-32(36)37-21-38-33(29)44(41-30)26-7-5-25(6-8-26)43-12-16-46-17-13-43/h1-4,19-21,25-26H,5-18H2,(H,39,40)(H2,36,37,38). The molecule has 2 aromatic carbocycles. The van der Waals surface area contributed by atoms with E-state index in [-0.39, 0.29) is 6.04 Å². The van der Waals surface area contributed by atoms with Gasteiger partial charge in [-0.2, -0.15) is 10.1 Å². The number of nitrogens with two attached hydrogens (primary N) is 1. The van der Waals surface area contributed by atoms with Gasteiger partial charge in [0.05, 0.1) is 37.9 Å². The monoisotopic (exact) mass is 673 g/mol. The van der Waals surface area contributed by atoms with E-state index in [9.17, 15) is 0 Å². The lowest BCUT2D eigenvalue weighted by molar-refractivity contribution is 0.00520. The summed E-state index contributed by atoms with van der Waals surface area (Å²) in [4.78, 5) is 18.5. The molecule has 3 aliphatic rings. The maximum atomic E-state index is 6.43. The molecule has 0 unspecified atom stereocenters. The Balaban J connectivity index is 0.980. The van der Waals surface area contributed by atoms with Crippen molar-refractivity contribution in [2.45, 2.75) is 37.8 Å². The van der Waals surface area contributed by atoms with E-state index >= 15 is 0 Å². The Labute approximate surface area is 283 Å². The van der Waals surface area contributed by atoms with Gasteiger partial charge in [0, 0.05) is 61.1 Å². The minimum absolute atomic E-state index is 0.259. The van der Waals surface area contributed by atoms with Gasteiger partial charge in [0.1, 0.15) is 30.0 Å². The van der Waals surface area contributed by atoms with E-state index in [1.807, 2.05) is 24.3 Å². The van der Waals surface area contributed by atoms with Crippen LogP contribution >= 0.6 is 11.6 Å². The molecule has 5 heterocycles. The zero-order valence-corrected chi connectivity index (χ0v) is 27.6. The molecule has 0 atom stereocenters. The van der Waals surface area contributed by atoms with E-state index in [0.29, 0.717) is 46.4 Å². The fourth-order valence-electron chi connectivity index (χ4n) is 7.14. The van der Waals surface area contributed by atoms with Gasteiger partial charge in [-0.15, -0.1) is 0 Å². The molecule has 1 aliphatic carbocycles. The van der Waals surface area contributed by atoms with Crippen molar-refractivity contribution in [3.63, 3.8) is 0 Å². The number of ether oxygens (including phenoxy) is 3. The first kappa shape index (κ1) is 31.3. The third kappa shape index (κ3) is 6.52. The predicted molar refractivity (Wildman–Crippen MR) is 184 cm³/mol. The van der Waals surface area contributed by atoms with Crippen LogP contribution in [0.5, 0.6) is 5.75 Å². The second-order valence-corrected chi connectivity index (χ2v) is 13.1. The zero-order chi connectivity index (χ0) is 32.5. The van der Waals surface area contributed by atoms with Crippen molar-refractivity contribution < 1.29 is 18.6 Å². The number of halogens is 1. The third-order valence-corrected chi connectivity index (χ3v) is 9.91. The Morgan fingerprint density at radius 3 is 2.42 bits per heavy atom. The summed E-state index contributed by atoms with van der Waals surface area (Å²) in [6.07, 6.45) is 5.88. The molecule has 2 saturated heterocycles. The minimum Gasteiger partial charge on any atom is -0.488 e. The molecule has 13 nitrogen and oxygen atoms in total. The van der Waals surface area contributed by atoms with Crippen molar-refractivity contribution in [1.82, 2.24) is 34.5 Å². The quantitative estimate of drug-likeness (QED) is 0.214. The summed E-state index contributed by atoms with van der Waals surface area (Å²) < 4.78 is 25.3. The van der Waals surface area contributed by atoms with Gasteiger partial charge in [-0.25, -0.2) is 14.6 Å². The maximum absolute atomic E-state index is 6.43. The molecular weight excluding hydrogens is 634 g/mol. The molecule has 1 saturated carbocycles. The summed E-state index contributed by atoms with van der Waals surface area (Å²) in [5.74, 6) is 0.997. The van der Waals surface area contributed by atoms with Gasteiger partial charge in [-0.1, -0.05) is 23.7 Å². The fourth-order valence-corrected chi connectivity index (χ4v) is 7.34. The van der Waals surface area contributed by atoms with Gasteiger partial charge >= 0.3 is 0 Å². The first-order valence-corrected chi connectivity index (χ1v) is 17.2. The number of hydrogen-bond acceptors (Lipinski definition) is 12. The number of aromatic nitrogens is 5. The van der Waals surface area contributed by atoms with Crippen molar-refractivity contribution in [3.05, 3.63) is 47.7 Å². The lowest BCUT2D eigenvalue weighted by Gasteiger charge is -2.38. The Morgan fingerprint density at radius 2 is 1.65 bits per heavy atom. The number of benzene rings is 2. The second-order valence-electron chi connectivity index (χ2n) is 12.6. The van der Waals surface area contributed by atoms with E-state index in [1.165, 1.54) is 6.33 Å². The highest BCUT2D eigenvalue weighted by molar-refractivity contribution is 6.31. The van der Waals surface area contributed by atoms with Crippen LogP contribution in [-0.2, 0) is 9.47 Å². The molecule has 0 radical (unpaired) electrons. The van der Waals surface area contributed by atoms with Crippen molar-refractivity contribution in [2.75, 3.05) is 76.8 Å². The summed E-state index contributed by atoms with van der Waals surface area (Å²) in [6.45, 7) is 8.30. The molecule has 252 valence electrons. The Morgan fingerprint density at radius 1 is 0.917 bits per heavy atom. The van der Waals surface area contributed by atoms with E-state index in [4.69, 9.17) is 41.1 Å². The largest absolute Gasteiger partial charge is 0.488 e. The van der Waals surface area contributed by atoms with Crippen molar-refractivity contribution in [1.29, 1.82) is 0 Å². The first-order valence-electron chi connectivity index (χ1n) is 16.8. The van der Waals surface area contributed by atoms with Gasteiger partial charge in [-0.05, 0) is 43.9 Å². The summed E-state index contributed by atoms with van der Waals surface area (Å²) >= 11 is 6.40. The zero-order valence-electron chi connectivity index (χ0n) is 26.8. The number of hydrogen-bond donors (Lipinski definition) is 2. The van der Waals surface area contributed by atoms with Gasteiger partial charge in [0.25, 0.3) is 6.01 Å². The smallest absolute Gasteiger partial charge is 0.300 e. The number of fused-ring (bicyclic) bond motifs is 2. The number of morpholine rings is 2. The van der Waals surface area contributed by atoms with Crippen molar-refractivity contribution >= 4 is 51.3 Å². The van der Waals surface area contributed by atoms with Crippen LogP contribution in [0.4, 0.5) is 17.5 Å². The topological polar surface area (TPSA) is 142 Å². The van der Waals surface area contributed by atoms with Crippen LogP contribution in [0.2, 0.25) is 5.02 Å². The Bertz CT molecular complexity index is 1860. The molecule has 3 fully saturated rings. The number of nitrogens with zero attached hydrogens (tertiary/aromatic N) is 7. The van der Waals surface area contributed by atoms with Gasteiger partial charge in [-0.3, -0.25) is 9.80 Å². The minimum atomic E-state index is 0.259. The van der Waals surface area contributed by atoms with E-state index in [1.54, 1.807) is 12.1 Å². The lowest BCUT2D eigenvalue weighted by Crippen LogP contribution is -2.45. The normalized spacial score (nSPS) is 21.2. The molecule has 48 heavy (non-hydrogen) atoms. The van der Waals surface area contributed by atoms with Gasteiger partial charge in [0.15, 0.2) is 17.0 Å². The molecule has 0 spiro atoms. The predicted octanol–water partition coefficient (Wildman–Crippen LogP) is 5.14. The summed E-state index contributed by atoms with van der Waals surface area (Å²) in [5.41, 5.74) is 10.9. The molecular formula is C34H40ClN9O4. The number of rotatable bonds is 9. The van der Waals surface area contributed by atoms with Crippen LogP contribution < -0.4 is 15.8 Å². The van der Waals surface area contributed by atoms with Crippen LogP contribution in [0.3, 0.4) is 0 Å². The van der Waals surface area contributed by atoms with Crippen LogP contribution in [-0.4, -0.2) is 106 Å². The summed E-state index contributed by atoms with van der Waals surface area (Å²) in [6, 6.07) is 12.7. The number of anilines is 3. The van der Waals surface area contributed by atoms with Gasteiger partial charge in [0.2, 0.25) is 0 Å². The average Bonchev–Trinajstić information content (AvgIpc) is 3.72. The van der Waals surface area contributed by atoms with Crippen molar-refractivity contribution in [2.24, 2.45) is 0 Å². The SMILES string of the molecule is Nc1ncnc2c1c(-c1ccc(Nc3nc4cc(Cl)cc(OCCN5CCOCC5)c4o3)cc1)nn2C1CCC(N2CCOCC2)CC1. The van der Waals surface area contributed by atoms with E-state index < -0.39 is 0 Å². The third-order valence-electron chi connectivity index (χ3n) is 9.69. The number of nitrogen functional groups attached to an aromatic ring is 1. The first-order chi connectivity index (χ1) is 23.6. The highest BCUT2D eigenvalue weighted by Crippen LogP contribution is 2.38. The molecule has 3 aromatic heterocycles. The van der Waals surface area contributed by atoms with Crippen LogP contribution in [0.1, 0.15) is 31.7 Å². The molecule has 2 aliphatic heterocycles. The van der Waals surface area contributed by atoms with E-state index in [2.05, 4.69) is 34.8 Å². The highest BCUT2D eigenvalue weighted by atomic mass is 35.5. The van der Waals surface area contributed by atoms with E-state index in [0.717, 1.165) is 113 Å². The fraction of sp³-hybridized carbons (Fsp3) is 0.471. The molecule has 3 N–H and O–H groups in total. The van der Waals surface area contributed by atoms with Crippen LogP contribution in [0.25, 0.3) is 33.4 Å². The Kier molecular flexibility index (Phi) is 9.02. The van der Waals surface area contributed by atoms with Crippen LogP contribution in [0.15, 0.2) is 47.1 Å². The molecule has 5 aromatic rings. The Hall–Kier alpha value is -4.01. The number of nitrogens with one attached hydrogen (secondary N) is 1. The maximum Gasteiger partial charge on any atom is 0.300 e. The molecule has 0 amide bonds. The molecule has 8 rings (SSSR count). The van der Waals surface area contributed by atoms with Gasteiger partial charge < -0.3 is 29.7 Å². The molecule has 14 heteroatoms. The molecule has 0 bridgehead atoms. The summed E-state index contributed by atoms with van der Waals surface area (Å²) in [7, 11) is 0. The number of oxazole rings is 1. The van der Waals surface area contributed by atoms with Crippen LogP contribution in [0, 0.1) is 0 Å².